The number of halogens is 2. The van der Waals surface area contributed by atoms with Crippen LogP contribution in [0.15, 0.2) is 54.6 Å². The third kappa shape index (κ3) is 3.47. The Hall–Kier alpha value is -2.24. The molecule has 0 spiro atoms. The largest absolute Gasteiger partial charge is 0.514 e. The summed E-state index contributed by atoms with van der Waals surface area (Å²) >= 11 is 10.0. The van der Waals surface area contributed by atoms with E-state index in [0.717, 1.165) is 27.9 Å². The summed E-state index contributed by atoms with van der Waals surface area (Å²) in [4.78, 5) is 12.2. The van der Waals surface area contributed by atoms with Gasteiger partial charge in [-0.15, -0.1) is 0 Å². The van der Waals surface area contributed by atoms with Crippen molar-refractivity contribution in [3.8, 4) is 28.1 Å². The molecule has 0 saturated heterocycles. The third-order valence-corrected chi connectivity index (χ3v) is 7.21. The fraction of sp³-hybridized carbons (Fsp3) is 0.261. The Bertz CT molecular complexity index is 1060. The van der Waals surface area contributed by atoms with E-state index in [4.69, 9.17) is 21.1 Å². The molecule has 1 aromatic heterocycles. The van der Waals surface area contributed by atoms with Crippen LogP contribution >= 0.6 is 27.5 Å². The first kappa shape index (κ1) is 20.0. The highest BCUT2D eigenvalue weighted by Gasteiger charge is 2.44. The van der Waals surface area contributed by atoms with Crippen LogP contribution in [0, 0.1) is 5.41 Å². The van der Waals surface area contributed by atoms with Crippen LogP contribution in [-0.2, 0) is 11.3 Å². The van der Waals surface area contributed by atoms with E-state index in [0.29, 0.717) is 17.4 Å². The summed E-state index contributed by atoms with van der Waals surface area (Å²) in [5.74, 6) is 0.489. The van der Waals surface area contributed by atoms with E-state index in [-0.39, 0.29) is 10.2 Å². The average Bonchev–Trinajstić information content (AvgIpc) is 3.13. The van der Waals surface area contributed by atoms with Gasteiger partial charge in [-0.1, -0.05) is 83.8 Å². The number of ether oxygens (including phenoxy) is 2. The van der Waals surface area contributed by atoms with Crippen molar-refractivity contribution in [3.05, 3.63) is 65.3 Å². The van der Waals surface area contributed by atoms with Crippen LogP contribution in [0.3, 0.4) is 0 Å². The molecule has 150 valence electrons. The molecule has 2 aromatic carbocycles. The molecule has 1 atom stereocenters. The molecule has 0 amide bonds. The van der Waals surface area contributed by atoms with Crippen molar-refractivity contribution in [1.82, 2.24) is 4.57 Å². The molecule has 1 aliphatic rings. The number of nitrogens with zero attached hydrogens (tertiary/aromatic N) is 1. The summed E-state index contributed by atoms with van der Waals surface area (Å²) in [5.41, 5.74) is 4.91. The van der Waals surface area contributed by atoms with E-state index in [1.807, 2.05) is 42.5 Å². The minimum Gasteiger partial charge on any atom is -0.437 e. The molecular weight excluding hydrogens is 454 g/mol. The summed E-state index contributed by atoms with van der Waals surface area (Å²) in [6.07, 6.45) is -0.740. The fourth-order valence-corrected chi connectivity index (χ4v) is 4.65. The Kier molecular flexibility index (Phi) is 5.21. The predicted octanol–water partition coefficient (Wildman–Crippen LogP) is 7.10. The summed E-state index contributed by atoms with van der Waals surface area (Å²) in [6, 6.07) is 17.7. The van der Waals surface area contributed by atoms with Gasteiger partial charge in [0.2, 0.25) is 5.88 Å². The normalized spacial score (nSPS) is 17.1. The maximum Gasteiger partial charge on any atom is 0.514 e. The highest BCUT2D eigenvalue weighted by Crippen LogP contribution is 2.57. The third-order valence-electron chi connectivity index (χ3n) is 5.29. The van der Waals surface area contributed by atoms with Gasteiger partial charge in [-0.3, -0.25) is 0 Å². The molecule has 4 nitrogen and oxygen atoms in total. The predicted molar refractivity (Wildman–Crippen MR) is 119 cm³/mol. The molecule has 3 aromatic rings. The van der Waals surface area contributed by atoms with Crippen LogP contribution in [-0.4, -0.2) is 17.8 Å². The van der Waals surface area contributed by atoms with Gasteiger partial charge in [-0.2, -0.15) is 0 Å². The van der Waals surface area contributed by atoms with Crippen molar-refractivity contribution < 1.29 is 14.3 Å². The van der Waals surface area contributed by atoms with Crippen LogP contribution in [0.25, 0.3) is 22.3 Å². The smallest absolute Gasteiger partial charge is 0.437 e. The Morgan fingerprint density at radius 3 is 2.31 bits per heavy atom. The summed E-state index contributed by atoms with van der Waals surface area (Å²) in [5, 5.41) is 0.650. The first-order chi connectivity index (χ1) is 13.8. The van der Waals surface area contributed by atoms with Crippen LogP contribution in [0.5, 0.6) is 5.88 Å². The highest BCUT2D eigenvalue weighted by atomic mass is 79.9. The summed E-state index contributed by atoms with van der Waals surface area (Å²) in [7, 11) is 1.31. The second-order valence-electron chi connectivity index (χ2n) is 7.81. The zero-order valence-electron chi connectivity index (χ0n) is 16.4. The lowest BCUT2D eigenvalue weighted by Gasteiger charge is -2.23. The molecular formula is C23H21BrClNO3. The first-order valence-electron chi connectivity index (χ1n) is 9.31. The van der Waals surface area contributed by atoms with Crippen LogP contribution in [0.1, 0.15) is 24.4 Å². The summed E-state index contributed by atoms with van der Waals surface area (Å²) in [6.45, 7) is 5.09. The molecule has 0 aliphatic carbocycles. The summed E-state index contributed by atoms with van der Waals surface area (Å²) < 4.78 is 12.6. The second-order valence-corrected chi connectivity index (χ2v) is 9.16. The number of benzene rings is 2. The van der Waals surface area contributed by atoms with E-state index in [2.05, 4.69) is 46.5 Å². The van der Waals surface area contributed by atoms with Crippen molar-refractivity contribution in [1.29, 1.82) is 0 Å². The van der Waals surface area contributed by atoms with Crippen molar-refractivity contribution in [2.75, 3.05) is 7.11 Å². The van der Waals surface area contributed by atoms with E-state index in [9.17, 15) is 4.79 Å². The molecule has 1 aliphatic heterocycles. The number of carbonyl (C=O) groups is 1. The van der Waals surface area contributed by atoms with Crippen molar-refractivity contribution in [3.63, 3.8) is 0 Å². The first-order valence-corrected chi connectivity index (χ1v) is 10.6. The Labute approximate surface area is 183 Å². The molecule has 4 rings (SSSR count). The minimum absolute atomic E-state index is 0.0500. The molecule has 6 heteroatoms. The Morgan fingerprint density at radius 2 is 1.69 bits per heavy atom. The molecule has 0 bridgehead atoms. The van der Waals surface area contributed by atoms with Crippen molar-refractivity contribution >= 4 is 33.7 Å². The van der Waals surface area contributed by atoms with E-state index >= 15 is 0 Å². The lowest BCUT2D eigenvalue weighted by atomic mass is 9.87. The van der Waals surface area contributed by atoms with Crippen LogP contribution < -0.4 is 4.74 Å². The number of alkyl halides is 1. The number of fused-ring (bicyclic) bond motifs is 1. The molecule has 0 saturated carbocycles. The van der Waals surface area contributed by atoms with Gasteiger partial charge >= 0.3 is 6.16 Å². The maximum atomic E-state index is 12.1. The molecule has 29 heavy (non-hydrogen) atoms. The van der Waals surface area contributed by atoms with Gasteiger partial charge in [0, 0.05) is 28.2 Å². The molecule has 0 N–H and O–H groups in total. The lowest BCUT2D eigenvalue weighted by Crippen LogP contribution is -2.17. The van der Waals surface area contributed by atoms with Crippen LogP contribution in [0.4, 0.5) is 4.79 Å². The quantitative estimate of drug-likeness (QED) is 0.300. The Morgan fingerprint density at radius 1 is 1.07 bits per heavy atom. The van der Waals surface area contributed by atoms with Gasteiger partial charge in [0.25, 0.3) is 0 Å². The second kappa shape index (κ2) is 7.54. The zero-order valence-corrected chi connectivity index (χ0v) is 18.8. The highest BCUT2D eigenvalue weighted by molar-refractivity contribution is 9.09. The Balaban J connectivity index is 2.06. The van der Waals surface area contributed by atoms with Gasteiger partial charge in [0.15, 0.2) is 0 Å². The van der Waals surface area contributed by atoms with Crippen LogP contribution in [0.2, 0.25) is 5.02 Å². The number of rotatable bonds is 3. The van der Waals surface area contributed by atoms with Gasteiger partial charge in [-0.05, 0) is 23.3 Å². The topological polar surface area (TPSA) is 40.5 Å². The minimum atomic E-state index is -0.740. The monoisotopic (exact) mass is 473 g/mol. The molecule has 2 heterocycles. The van der Waals surface area contributed by atoms with Gasteiger partial charge < -0.3 is 14.0 Å². The maximum absolute atomic E-state index is 12.1. The number of carbonyl (C=O) groups excluding carboxylic acids is 1. The SMILES string of the molecule is COC(=O)Oc1c(-c2ccc(Cl)cc2)c(-c2ccccc2)c2n1CC(C)(C)C2Br. The number of aromatic nitrogens is 1. The van der Waals surface area contributed by atoms with Gasteiger partial charge in [-0.25, -0.2) is 4.79 Å². The van der Waals surface area contributed by atoms with Crippen molar-refractivity contribution in [2.45, 2.75) is 25.2 Å². The number of hydrogen-bond acceptors (Lipinski definition) is 3. The number of hydrogen-bond donors (Lipinski definition) is 0. The molecule has 1 unspecified atom stereocenters. The number of methoxy groups -OCH3 is 1. The fourth-order valence-electron chi connectivity index (χ4n) is 3.90. The molecule has 0 fully saturated rings. The zero-order chi connectivity index (χ0) is 20.8. The lowest BCUT2D eigenvalue weighted by molar-refractivity contribution is 0.117. The van der Waals surface area contributed by atoms with Gasteiger partial charge in [0.1, 0.15) is 0 Å². The molecule has 0 radical (unpaired) electrons. The van der Waals surface area contributed by atoms with E-state index < -0.39 is 6.16 Å². The van der Waals surface area contributed by atoms with Crippen molar-refractivity contribution in [2.24, 2.45) is 5.41 Å². The van der Waals surface area contributed by atoms with Gasteiger partial charge in [0.05, 0.1) is 17.5 Å². The standard InChI is InChI=1S/C23H21BrClNO3/c1-23(2)13-26-19(20(23)24)17(14-7-5-4-6-8-14)18(21(26)29-22(27)28-3)15-9-11-16(25)12-10-15/h4-12,20H,13H2,1-3H3. The van der Waals surface area contributed by atoms with E-state index in [1.54, 1.807) is 0 Å². The van der Waals surface area contributed by atoms with E-state index in [1.165, 1.54) is 7.11 Å². The average molecular weight is 475 g/mol.